The fourth-order valence-electron chi connectivity index (χ4n) is 3.28. The van der Waals surface area contributed by atoms with Crippen LogP contribution in [-0.4, -0.2) is 42.2 Å². The minimum atomic E-state index is -0.422. The Morgan fingerprint density at radius 1 is 1.13 bits per heavy atom. The molecule has 0 bridgehead atoms. The van der Waals surface area contributed by atoms with Crippen molar-refractivity contribution in [1.29, 1.82) is 0 Å². The van der Waals surface area contributed by atoms with Crippen LogP contribution in [0.2, 0.25) is 0 Å². The Kier molecular flexibility index (Phi) is 6.87. The third-order valence-corrected chi connectivity index (χ3v) is 5.23. The lowest BCUT2D eigenvalue weighted by atomic mass is 9.87. The molecule has 8 nitrogen and oxygen atoms in total. The van der Waals surface area contributed by atoms with Crippen LogP contribution in [-0.2, 0) is 10.2 Å². The maximum atomic E-state index is 12.5. The number of rotatable bonds is 4. The summed E-state index contributed by atoms with van der Waals surface area (Å²) in [6, 6.07) is 12.1. The number of nitrogens with one attached hydrogen (secondary N) is 2. The van der Waals surface area contributed by atoms with E-state index in [1.54, 1.807) is 24.3 Å². The molecule has 1 amide bonds. The Bertz CT molecular complexity index is 980. The first kappa shape index (κ1) is 22.6. The first-order valence-electron chi connectivity index (χ1n) is 9.99. The number of hydrogen-bond acceptors (Lipinski definition) is 6. The van der Waals surface area contributed by atoms with Crippen molar-refractivity contribution < 1.29 is 14.5 Å². The van der Waals surface area contributed by atoms with E-state index >= 15 is 0 Å². The first-order chi connectivity index (χ1) is 14.6. The maximum Gasteiger partial charge on any atom is 0.294 e. The van der Waals surface area contributed by atoms with Crippen LogP contribution < -0.4 is 15.5 Å². The number of benzene rings is 2. The number of nitro groups is 1. The van der Waals surface area contributed by atoms with E-state index < -0.39 is 4.92 Å². The Morgan fingerprint density at radius 3 is 2.35 bits per heavy atom. The molecule has 1 aliphatic rings. The number of nitro benzene ring substituents is 1. The van der Waals surface area contributed by atoms with E-state index in [0.29, 0.717) is 43.2 Å². The summed E-state index contributed by atoms with van der Waals surface area (Å²) in [6.45, 7) is 8.56. The van der Waals surface area contributed by atoms with Crippen LogP contribution in [0.3, 0.4) is 0 Å². The second-order valence-corrected chi connectivity index (χ2v) is 8.70. The zero-order valence-corrected chi connectivity index (χ0v) is 18.6. The van der Waals surface area contributed by atoms with E-state index in [0.717, 1.165) is 5.56 Å². The molecule has 31 heavy (non-hydrogen) atoms. The van der Waals surface area contributed by atoms with E-state index in [4.69, 9.17) is 17.0 Å². The van der Waals surface area contributed by atoms with Gasteiger partial charge in [0, 0.05) is 30.4 Å². The average molecular weight is 443 g/mol. The molecule has 0 radical (unpaired) electrons. The van der Waals surface area contributed by atoms with Gasteiger partial charge in [-0.3, -0.25) is 20.2 Å². The van der Waals surface area contributed by atoms with E-state index in [9.17, 15) is 14.9 Å². The van der Waals surface area contributed by atoms with Gasteiger partial charge in [0.1, 0.15) is 5.69 Å². The number of ether oxygens (including phenoxy) is 1. The number of anilines is 2. The highest BCUT2D eigenvalue weighted by atomic mass is 32.1. The first-order valence-corrected chi connectivity index (χ1v) is 10.4. The van der Waals surface area contributed by atoms with Crippen molar-refractivity contribution in [2.24, 2.45) is 0 Å². The highest BCUT2D eigenvalue weighted by molar-refractivity contribution is 7.80. The van der Waals surface area contributed by atoms with Gasteiger partial charge in [0.2, 0.25) is 0 Å². The molecule has 1 aliphatic heterocycles. The number of thiocarbonyl (C=S) groups is 1. The molecule has 2 aromatic carbocycles. The summed E-state index contributed by atoms with van der Waals surface area (Å²) in [5, 5.41) is 17.1. The van der Waals surface area contributed by atoms with Gasteiger partial charge in [0.15, 0.2) is 5.11 Å². The molecule has 1 saturated heterocycles. The van der Waals surface area contributed by atoms with Crippen molar-refractivity contribution in [2.75, 3.05) is 36.5 Å². The van der Waals surface area contributed by atoms with Crippen molar-refractivity contribution >= 4 is 40.3 Å². The van der Waals surface area contributed by atoms with Gasteiger partial charge in [-0.15, -0.1) is 0 Å². The van der Waals surface area contributed by atoms with E-state index in [1.807, 2.05) is 17.0 Å². The number of morpholine rings is 1. The Morgan fingerprint density at radius 2 is 1.77 bits per heavy atom. The minimum Gasteiger partial charge on any atom is -0.378 e. The van der Waals surface area contributed by atoms with Gasteiger partial charge < -0.3 is 15.0 Å². The van der Waals surface area contributed by atoms with Crippen LogP contribution in [0.5, 0.6) is 0 Å². The van der Waals surface area contributed by atoms with Gasteiger partial charge in [-0.05, 0) is 47.5 Å². The fraction of sp³-hybridized carbons (Fsp3) is 0.364. The zero-order valence-electron chi connectivity index (χ0n) is 17.8. The van der Waals surface area contributed by atoms with Crippen molar-refractivity contribution in [2.45, 2.75) is 26.2 Å². The summed E-state index contributed by atoms with van der Waals surface area (Å²) in [4.78, 5) is 25.6. The summed E-state index contributed by atoms with van der Waals surface area (Å²) in [6.07, 6.45) is 0. The minimum absolute atomic E-state index is 0.00599. The third-order valence-electron chi connectivity index (χ3n) is 5.02. The third kappa shape index (κ3) is 5.77. The van der Waals surface area contributed by atoms with Crippen LogP contribution in [0.15, 0.2) is 42.5 Å². The fourth-order valence-corrected chi connectivity index (χ4v) is 3.49. The average Bonchev–Trinajstić information content (AvgIpc) is 2.73. The number of carbonyl (C=O) groups excluding carboxylic acids is 1. The summed E-state index contributed by atoms with van der Waals surface area (Å²) in [5.41, 5.74) is 2.53. The van der Waals surface area contributed by atoms with Crippen molar-refractivity contribution in [3.05, 3.63) is 63.7 Å². The standard InChI is InChI=1S/C22H26N4O4S/c1-22(2,3)16-6-4-15(5-7-16)20(27)24-21(31)23-17-8-9-18(19(14-17)26(28)29)25-10-12-30-13-11-25/h4-9,14H,10-13H2,1-3H3,(H2,23,24,27,31). The van der Waals surface area contributed by atoms with Crippen LogP contribution in [0.4, 0.5) is 17.1 Å². The highest BCUT2D eigenvalue weighted by Gasteiger charge is 2.22. The second kappa shape index (κ2) is 9.40. The van der Waals surface area contributed by atoms with Crippen molar-refractivity contribution in [3.8, 4) is 0 Å². The monoisotopic (exact) mass is 442 g/mol. The molecule has 1 fully saturated rings. The summed E-state index contributed by atoms with van der Waals surface area (Å²) in [7, 11) is 0. The number of amides is 1. The normalized spacial score (nSPS) is 14.1. The SMILES string of the molecule is CC(C)(C)c1ccc(C(=O)NC(=S)Nc2ccc(N3CCOCC3)c([N+](=O)[O-])c2)cc1. The van der Waals surface area contributed by atoms with E-state index in [-0.39, 0.29) is 22.1 Å². The molecule has 0 unspecified atom stereocenters. The molecule has 9 heteroatoms. The largest absolute Gasteiger partial charge is 0.378 e. The van der Waals surface area contributed by atoms with E-state index in [2.05, 4.69) is 31.4 Å². The second-order valence-electron chi connectivity index (χ2n) is 8.30. The number of carbonyl (C=O) groups is 1. The summed E-state index contributed by atoms with van der Waals surface area (Å²) < 4.78 is 5.31. The van der Waals surface area contributed by atoms with Crippen LogP contribution in [0.1, 0.15) is 36.7 Å². The molecule has 1 heterocycles. The van der Waals surface area contributed by atoms with Gasteiger partial charge in [0.05, 0.1) is 18.1 Å². The lowest BCUT2D eigenvalue weighted by Crippen LogP contribution is -2.36. The molecule has 2 N–H and O–H groups in total. The molecule has 0 aliphatic carbocycles. The van der Waals surface area contributed by atoms with Crippen LogP contribution >= 0.6 is 12.2 Å². The van der Waals surface area contributed by atoms with Crippen LogP contribution in [0, 0.1) is 10.1 Å². The Hall–Kier alpha value is -3.04. The van der Waals surface area contributed by atoms with E-state index in [1.165, 1.54) is 6.07 Å². The summed E-state index contributed by atoms with van der Waals surface area (Å²) in [5.74, 6) is -0.350. The lowest BCUT2D eigenvalue weighted by molar-refractivity contribution is -0.384. The topological polar surface area (TPSA) is 96.7 Å². The van der Waals surface area contributed by atoms with Gasteiger partial charge in [-0.2, -0.15) is 0 Å². The molecule has 164 valence electrons. The quantitative estimate of drug-likeness (QED) is 0.422. The summed E-state index contributed by atoms with van der Waals surface area (Å²) >= 11 is 5.22. The van der Waals surface area contributed by atoms with Crippen molar-refractivity contribution in [1.82, 2.24) is 5.32 Å². The van der Waals surface area contributed by atoms with Crippen LogP contribution in [0.25, 0.3) is 0 Å². The number of hydrogen-bond donors (Lipinski definition) is 2. The highest BCUT2D eigenvalue weighted by Crippen LogP contribution is 2.31. The van der Waals surface area contributed by atoms with Gasteiger partial charge >= 0.3 is 0 Å². The molecule has 0 atom stereocenters. The zero-order chi connectivity index (χ0) is 22.6. The lowest BCUT2D eigenvalue weighted by Gasteiger charge is -2.28. The van der Waals surface area contributed by atoms with Crippen molar-refractivity contribution in [3.63, 3.8) is 0 Å². The smallest absolute Gasteiger partial charge is 0.294 e. The molecule has 0 aromatic heterocycles. The number of nitrogens with zero attached hydrogens (tertiary/aromatic N) is 2. The molecule has 0 saturated carbocycles. The predicted octanol–water partition coefficient (Wildman–Crippen LogP) is 3.86. The molecule has 2 aromatic rings. The molecule has 3 rings (SSSR count). The molecular weight excluding hydrogens is 416 g/mol. The molecule has 0 spiro atoms. The van der Waals surface area contributed by atoms with Gasteiger partial charge in [-0.25, -0.2) is 0 Å². The maximum absolute atomic E-state index is 12.5. The van der Waals surface area contributed by atoms with Gasteiger partial charge in [0.25, 0.3) is 11.6 Å². The van der Waals surface area contributed by atoms with Gasteiger partial charge in [-0.1, -0.05) is 32.9 Å². The Balaban J connectivity index is 1.67. The predicted molar refractivity (Wildman–Crippen MR) is 125 cm³/mol. The Labute approximate surface area is 186 Å². The molecular formula is C22H26N4O4S.